The van der Waals surface area contributed by atoms with Crippen molar-refractivity contribution in [3.8, 4) is 0 Å². The number of thiazole rings is 1. The minimum Gasteiger partial charge on any atom is -0.321 e. The van der Waals surface area contributed by atoms with Gasteiger partial charge in [0.25, 0.3) is 0 Å². The van der Waals surface area contributed by atoms with Crippen molar-refractivity contribution in [2.45, 2.75) is 18.8 Å². The van der Waals surface area contributed by atoms with Gasteiger partial charge >= 0.3 is 0 Å². The predicted molar refractivity (Wildman–Crippen MR) is 73.9 cm³/mol. The monoisotopic (exact) mass is 276 g/mol. The number of carbonyl (C=O) groups excluding carboxylic acids is 1. The molecule has 1 heterocycles. The highest BCUT2D eigenvalue weighted by Crippen LogP contribution is 2.44. The minimum atomic E-state index is -0.261. The number of aldehydes is 1. The van der Waals surface area contributed by atoms with Crippen molar-refractivity contribution < 1.29 is 9.18 Å². The standard InChI is InChI=1S/C14H13FN2OS/c1-17(11-6-4-10(15)5-7-11)14-16-13(9-2-3-9)12(8-18)19-14/h4-9H,2-3H2,1H3. The molecule has 0 saturated heterocycles. The van der Waals surface area contributed by atoms with Crippen molar-refractivity contribution in [1.29, 1.82) is 0 Å². The molecule has 2 aromatic rings. The summed E-state index contributed by atoms with van der Waals surface area (Å²) in [5.74, 6) is 0.190. The molecule has 1 aliphatic carbocycles. The first kappa shape index (κ1) is 12.3. The van der Waals surface area contributed by atoms with Crippen LogP contribution in [0.2, 0.25) is 0 Å². The Morgan fingerprint density at radius 3 is 2.63 bits per heavy atom. The maximum atomic E-state index is 12.9. The summed E-state index contributed by atoms with van der Waals surface area (Å²) in [6, 6.07) is 6.24. The number of rotatable bonds is 4. The largest absolute Gasteiger partial charge is 0.321 e. The summed E-state index contributed by atoms with van der Waals surface area (Å²) in [7, 11) is 1.87. The van der Waals surface area contributed by atoms with Gasteiger partial charge in [0.1, 0.15) is 5.82 Å². The van der Waals surface area contributed by atoms with E-state index in [-0.39, 0.29) is 5.82 Å². The molecular formula is C14H13FN2OS. The Kier molecular flexibility index (Phi) is 3.06. The zero-order valence-electron chi connectivity index (χ0n) is 10.5. The third kappa shape index (κ3) is 2.38. The lowest BCUT2D eigenvalue weighted by molar-refractivity contribution is 0.112. The van der Waals surface area contributed by atoms with Crippen molar-refractivity contribution in [1.82, 2.24) is 4.98 Å². The van der Waals surface area contributed by atoms with Crippen LogP contribution in [0.3, 0.4) is 0 Å². The fourth-order valence-corrected chi connectivity index (χ4v) is 2.93. The first-order valence-corrected chi connectivity index (χ1v) is 6.96. The lowest BCUT2D eigenvalue weighted by Gasteiger charge is -2.15. The van der Waals surface area contributed by atoms with Crippen LogP contribution in [-0.2, 0) is 0 Å². The molecule has 5 heteroatoms. The van der Waals surface area contributed by atoms with Crippen LogP contribution in [0.25, 0.3) is 0 Å². The Hall–Kier alpha value is -1.75. The number of aromatic nitrogens is 1. The lowest BCUT2D eigenvalue weighted by Crippen LogP contribution is -2.08. The number of hydrogen-bond donors (Lipinski definition) is 0. The van der Waals surface area contributed by atoms with E-state index in [0.717, 1.165) is 35.6 Å². The van der Waals surface area contributed by atoms with Crippen LogP contribution in [0.1, 0.15) is 34.1 Å². The third-order valence-corrected chi connectivity index (χ3v) is 4.31. The molecular weight excluding hydrogens is 263 g/mol. The molecule has 3 nitrogen and oxygen atoms in total. The second kappa shape index (κ2) is 4.74. The molecule has 3 rings (SSSR count). The van der Waals surface area contributed by atoms with Gasteiger partial charge in [-0.15, -0.1) is 0 Å². The third-order valence-electron chi connectivity index (χ3n) is 3.24. The molecule has 1 aromatic heterocycles. The summed E-state index contributed by atoms with van der Waals surface area (Å²) in [5, 5.41) is 0.774. The van der Waals surface area contributed by atoms with Crippen LogP contribution in [-0.4, -0.2) is 18.3 Å². The second-order valence-electron chi connectivity index (χ2n) is 4.67. The van der Waals surface area contributed by atoms with Gasteiger partial charge in [-0.05, 0) is 37.1 Å². The van der Waals surface area contributed by atoms with E-state index in [2.05, 4.69) is 4.98 Å². The Morgan fingerprint density at radius 2 is 2.05 bits per heavy atom. The summed E-state index contributed by atoms with van der Waals surface area (Å²) >= 11 is 1.39. The van der Waals surface area contributed by atoms with Crippen LogP contribution in [0, 0.1) is 5.82 Å². The highest BCUT2D eigenvalue weighted by molar-refractivity contribution is 7.17. The van der Waals surface area contributed by atoms with Crippen molar-refractivity contribution in [2.24, 2.45) is 0 Å². The van der Waals surface area contributed by atoms with E-state index in [9.17, 15) is 9.18 Å². The molecule has 0 radical (unpaired) electrons. The van der Waals surface area contributed by atoms with Gasteiger partial charge in [0.2, 0.25) is 0 Å². The van der Waals surface area contributed by atoms with Crippen LogP contribution in [0.4, 0.5) is 15.2 Å². The Bertz CT molecular complexity index is 604. The molecule has 1 aromatic carbocycles. The normalized spacial score (nSPS) is 14.4. The molecule has 0 bridgehead atoms. The summed E-state index contributed by atoms with van der Waals surface area (Å²) in [5.41, 5.74) is 1.78. The molecule has 98 valence electrons. The Balaban J connectivity index is 1.92. The maximum Gasteiger partial charge on any atom is 0.190 e. The predicted octanol–water partition coefficient (Wildman–Crippen LogP) is 3.74. The summed E-state index contributed by atoms with van der Waals surface area (Å²) in [6.45, 7) is 0. The average Bonchev–Trinajstić information content (AvgIpc) is 3.18. The topological polar surface area (TPSA) is 33.2 Å². The fraction of sp³-hybridized carbons (Fsp3) is 0.286. The zero-order chi connectivity index (χ0) is 13.4. The number of benzene rings is 1. The van der Waals surface area contributed by atoms with Crippen LogP contribution in [0.15, 0.2) is 24.3 Å². The summed E-state index contributed by atoms with van der Waals surface area (Å²) in [4.78, 5) is 18.2. The highest BCUT2D eigenvalue weighted by Gasteiger charge is 2.30. The van der Waals surface area contributed by atoms with E-state index in [1.165, 1.54) is 23.5 Å². The van der Waals surface area contributed by atoms with Crippen molar-refractivity contribution in [3.05, 3.63) is 40.7 Å². The van der Waals surface area contributed by atoms with Gasteiger partial charge in [-0.2, -0.15) is 0 Å². The SMILES string of the molecule is CN(c1ccc(F)cc1)c1nc(C2CC2)c(C=O)s1. The summed E-state index contributed by atoms with van der Waals surface area (Å²) < 4.78 is 12.9. The van der Waals surface area contributed by atoms with Crippen LogP contribution < -0.4 is 4.90 Å². The number of hydrogen-bond acceptors (Lipinski definition) is 4. The average molecular weight is 276 g/mol. The summed E-state index contributed by atoms with van der Waals surface area (Å²) in [6.07, 6.45) is 3.11. The number of carbonyl (C=O) groups is 1. The second-order valence-corrected chi connectivity index (χ2v) is 5.68. The smallest absolute Gasteiger partial charge is 0.190 e. The first-order chi connectivity index (χ1) is 9.19. The molecule has 1 fully saturated rings. The van der Waals surface area contributed by atoms with Crippen molar-refractivity contribution in [3.63, 3.8) is 0 Å². The molecule has 0 unspecified atom stereocenters. The van der Waals surface area contributed by atoms with Crippen molar-refractivity contribution >= 4 is 28.4 Å². The minimum absolute atomic E-state index is 0.261. The molecule has 0 aliphatic heterocycles. The number of nitrogens with zero attached hydrogens (tertiary/aromatic N) is 2. The van der Waals surface area contributed by atoms with Crippen LogP contribution in [0.5, 0.6) is 0 Å². The van der Waals surface area contributed by atoms with E-state index in [1.807, 2.05) is 11.9 Å². The highest BCUT2D eigenvalue weighted by atomic mass is 32.1. The van der Waals surface area contributed by atoms with Gasteiger partial charge in [-0.25, -0.2) is 9.37 Å². The first-order valence-electron chi connectivity index (χ1n) is 6.14. The van der Waals surface area contributed by atoms with E-state index >= 15 is 0 Å². The fourth-order valence-electron chi connectivity index (χ4n) is 1.98. The molecule has 0 spiro atoms. The van der Waals surface area contributed by atoms with E-state index in [0.29, 0.717) is 10.8 Å². The van der Waals surface area contributed by atoms with Gasteiger partial charge in [0.05, 0.1) is 10.6 Å². The Morgan fingerprint density at radius 1 is 1.37 bits per heavy atom. The van der Waals surface area contributed by atoms with Crippen LogP contribution >= 0.6 is 11.3 Å². The van der Waals surface area contributed by atoms with E-state index < -0.39 is 0 Å². The molecule has 0 N–H and O–H groups in total. The lowest BCUT2D eigenvalue weighted by atomic mass is 10.3. The molecule has 0 atom stereocenters. The Labute approximate surface area is 114 Å². The molecule has 1 aliphatic rings. The number of anilines is 2. The van der Waals surface area contributed by atoms with Gasteiger partial charge < -0.3 is 4.90 Å². The van der Waals surface area contributed by atoms with E-state index in [1.54, 1.807) is 12.1 Å². The van der Waals surface area contributed by atoms with Gasteiger partial charge in [0.15, 0.2) is 11.4 Å². The van der Waals surface area contributed by atoms with Gasteiger partial charge in [0, 0.05) is 18.7 Å². The zero-order valence-corrected chi connectivity index (χ0v) is 11.3. The van der Waals surface area contributed by atoms with Gasteiger partial charge in [-0.3, -0.25) is 4.79 Å². The van der Waals surface area contributed by atoms with Gasteiger partial charge in [-0.1, -0.05) is 11.3 Å². The number of halogens is 1. The van der Waals surface area contributed by atoms with E-state index in [4.69, 9.17) is 0 Å². The molecule has 0 amide bonds. The maximum absolute atomic E-state index is 12.9. The molecule has 19 heavy (non-hydrogen) atoms. The van der Waals surface area contributed by atoms with Crippen molar-refractivity contribution in [2.75, 3.05) is 11.9 Å². The molecule has 1 saturated carbocycles. The quantitative estimate of drug-likeness (QED) is 0.798.